The molecule has 4 heterocycles. The number of cyclic esters (lactones) is 1. The Morgan fingerprint density at radius 1 is 1.28 bits per heavy atom. The second kappa shape index (κ2) is 10.2. The average molecular weight is 510 g/mol. The van der Waals surface area contributed by atoms with Gasteiger partial charge in [0.05, 0.1) is 24.0 Å². The highest BCUT2D eigenvalue weighted by Crippen LogP contribution is 2.31. The maximum Gasteiger partial charge on any atom is 0.338 e. The number of piperazine rings is 1. The molecule has 0 saturated carbocycles. The molecular weight excluding hydrogens is 480 g/mol. The fraction of sp³-hybridized carbons (Fsp3) is 0.400. The number of aromatic nitrogens is 3. The van der Waals surface area contributed by atoms with Crippen molar-refractivity contribution in [3.63, 3.8) is 0 Å². The summed E-state index contributed by atoms with van der Waals surface area (Å²) in [5, 5.41) is 8.20. The second-order valence-corrected chi connectivity index (χ2v) is 10.5. The van der Waals surface area contributed by atoms with Gasteiger partial charge in [-0.3, -0.25) is 9.11 Å². The molecule has 1 fully saturated rings. The topological polar surface area (TPSA) is 116 Å². The Morgan fingerprint density at radius 3 is 2.92 bits per heavy atom. The number of ether oxygens (including phenoxy) is 1. The van der Waals surface area contributed by atoms with Crippen molar-refractivity contribution in [3.05, 3.63) is 76.2 Å². The van der Waals surface area contributed by atoms with Crippen LogP contribution in [0.5, 0.6) is 0 Å². The van der Waals surface area contributed by atoms with Crippen molar-refractivity contribution >= 4 is 17.2 Å². The van der Waals surface area contributed by atoms with E-state index in [0.29, 0.717) is 29.7 Å². The Kier molecular flexibility index (Phi) is 7.00. The predicted molar refractivity (Wildman–Crippen MR) is 133 cm³/mol. The standard InChI is InChI=1S/C25H30N6O4S/c1-16-10-30(14-23(27-16)20-7-8-21-22(17(20)2)15-35-25(21)32)11-18-9-26-31(12-18)24-6-4-5-19(28-24)13-29(3)36(33)34/h4-9,12,16,23,27H,10-11,13-15H2,1-3H3,(H,33,34)/p-1/t16-,23-/m0/s1. The highest BCUT2D eigenvalue weighted by molar-refractivity contribution is 7.76. The first kappa shape index (κ1) is 24.7. The van der Waals surface area contributed by atoms with E-state index >= 15 is 0 Å². The molecule has 3 aromatic rings. The molecule has 1 N–H and O–H groups in total. The zero-order chi connectivity index (χ0) is 25.4. The molecule has 0 radical (unpaired) electrons. The molecule has 2 aromatic heterocycles. The number of esters is 1. The highest BCUT2D eigenvalue weighted by atomic mass is 32.2. The first-order valence-electron chi connectivity index (χ1n) is 11.9. The van der Waals surface area contributed by atoms with Gasteiger partial charge in [0.1, 0.15) is 6.61 Å². The molecule has 1 saturated heterocycles. The lowest BCUT2D eigenvalue weighted by molar-refractivity contribution is 0.0535. The first-order valence-corrected chi connectivity index (χ1v) is 12.9. The van der Waals surface area contributed by atoms with Gasteiger partial charge in [-0.1, -0.05) is 12.1 Å². The summed E-state index contributed by atoms with van der Waals surface area (Å²) in [6.45, 7) is 7.26. The zero-order valence-electron chi connectivity index (χ0n) is 20.5. The molecule has 2 aliphatic heterocycles. The quantitative estimate of drug-likeness (QED) is 0.380. The monoisotopic (exact) mass is 509 g/mol. The zero-order valence-corrected chi connectivity index (χ0v) is 21.3. The number of hydrogen-bond donors (Lipinski definition) is 1. The third-order valence-electron chi connectivity index (χ3n) is 6.75. The Hall–Kier alpha value is -2.96. The van der Waals surface area contributed by atoms with E-state index in [1.165, 1.54) is 16.9 Å². The lowest BCUT2D eigenvalue weighted by Crippen LogP contribution is -2.50. The third kappa shape index (κ3) is 5.11. The maximum absolute atomic E-state index is 11.9. The SMILES string of the molecule is Cc1c([C@@H]2CN(Cc3cnn(-c4cccc(CN(C)S(=O)[O-])n4)c3)C[C@H](C)N2)ccc2c1COC2=O. The minimum atomic E-state index is -2.30. The van der Waals surface area contributed by atoms with Crippen LogP contribution in [0.25, 0.3) is 5.82 Å². The average Bonchev–Trinajstić information content (AvgIpc) is 3.46. The predicted octanol–water partition coefficient (Wildman–Crippen LogP) is 2.01. The van der Waals surface area contributed by atoms with Crippen molar-refractivity contribution in [3.8, 4) is 5.82 Å². The summed E-state index contributed by atoms with van der Waals surface area (Å²) in [6, 6.07) is 9.87. The summed E-state index contributed by atoms with van der Waals surface area (Å²) >= 11 is -2.30. The Labute approximate surface area is 212 Å². The fourth-order valence-electron chi connectivity index (χ4n) is 5.02. The Balaban J connectivity index is 1.29. The van der Waals surface area contributed by atoms with Crippen LogP contribution >= 0.6 is 0 Å². The maximum atomic E-state index is 11.9. The largest absolute Gasteiger partial charge is 0.760 e. The molecule has 0 amide bonds. The molecular formula is C25H29N6O4S-. The molecule has 10 nitrogen and oxygen atoms in total. The van der Waals surface area contributed by atoms with Gasteiger partial charge in [0, 0.05) is 60.3 Å². The van der Waals surface area contributed by atoms with Gasteiger partial charge in [0.15, 0.2) is 5.82 Å². The van der Waals surface area contributed by atoms with Gasteiger partial charge >= 0.3 is 5.97 Å². The molecule has 1 aromatic carbocycles. The number of carbonyl (C=O) groups excluding carboxylic acids is 1. The van der Waals surface area contributed by atoms with Crippen molar-refractivity contribution < 1.29 is 18.3 Å². The van der Waals surface area contributed by atoms with Gasteiger partial charge in [-0.05, 0) is 50.2 Å². The first-order chi connectivity index (χ1) is 17.3. The molecule has 36 heavy (non-hydrogen) atoms. The number of nitrogens with one attached hydrogen (secondary N) is 1. The van der Waals surface area contributed by atoms with E-state index in [9.17, 15) is 13.6 Å². The van der Waals surface area contributed by atoms with E-state index in [1.54, 1.807) is 10.7 Å². The van der Waals surface area contributed by atoms with Crippen LogP contribution in [-0.4, -0.2) is 64.9 Å². The van der Waals surface area contributed by atoms with E-state index in [-0.39, 0.29) is 18.6 Å². The van der Waals surface area contributed by atoms with Gasteiger partial charge in [-0.2, -0.15) is 5.10 Å². The van der Waals surface area contributed by atoms with E-state index in [4.69, 9.17) is 4.74 Å². The van der Waals surface area contributed by atoms with E-state index in [1.807, 2.05) is 36.7 Å². The van der Waals surface area contributed by atoms with Crippen LogP contribution in [0.3, 0.4) is 0 Å². The summed E-state index contributed by atoms with van der Waals surface area (Å²) in [5.74, 6) is 0.400. The minimum Gasteiger partial charge on any atom is -0.760 e. The minimum absolute atomic E-state index is 0.145. The number of nitrogens with zero attached hydrogens (tertiary/aromatic N) is 5. The number of fused-ring (bicyclic) bond motifs is 1. The van der Waals surface area contributed by atoms with Crippen molar-refractivity contribution in [1.29, 1.82) is 0 Å². The van der Waals surface area contributed by atoms with E-state index < -0.39 is 11.3 Å². The fourth-order valence-corrected chi connectivity index (χ4v) is 5.26. The molecule has 5 rings (SSSR count). The van der Waals surface area contributed by atoms with Gasteiger partial charge < -0.3 is 14.6 Å². The van der Waals surface area contributed by atoms with Crippen molar-refractivity contribution in [2.45, 2.75) is 45.6 Å². The lowest BCUT2D eigenvalue weighted by Gasteiger charge is -2.38. The number of rotatable bonds is 7. The van der Waals surface area contributed by atoms with Crippen LogP contribution in [0.15, 0.2) is 42.7 Å². The lowest BCUT2D eigenvalue weighted by atomic mass is 9.92. The molecule has 2 aliphatic rings. The number of pyridine rings is 1. The van der Waals surface area contributed by atoms with Crippen LogP contribution in [0.4, 0.5) is 0 Å². The summed E-state index contributed by atoms with van der Waals surface area (Å²) in [5.41, 5.74) is 5.70. The van der Waals surface area contributed by atoms with E-state index in [0.717, 1.165) is 36.3 Å². The number of benzene rings is 1. The summed E-state index contributed by atoms with van der Waals surface area (Å²) in [6.07, 6.45) is 3.81. The van der Waals surface area contributed by atoms with Crippen LogP contribution in [0.1, 0.15) is 51.3 Å². The molecule has 0 bridgehead atoms. The molecule has 0 aliphatic carbocycles. The number of carbonyl (C=O) groups is 1. The molecule has 3 atom stereocenters. The summed E-state index contributed by atoms with van der Waals surface area (Å²) in [7, 11) is 1.50. The van der Waals surface area contributed by atoms with Gasteiger partial charge in [0.25, 0.3) is 0 Å². The van der Waals surface area contributed by atoms with E-state index in [2.05, 4.69) is 34.1 Å². The third-order valence-corrected chi connectivity index (χ3v) is 7.39. The van der Waals surface area contributed by atoms with Crippen LogP contribution in [0, 0.1) is 6.92 Å². The summed E-state index contributed by atoms with van der Waals surface area (Å²) < 4.78 is 30.4. The Morgan fingerprint density at radius 2 is 2.11 bits per heavy atom. The Bertz CT molecular complexity index is 1310. The normalized spacial score (nSPS) is 21.0. The molecule has 11 heteroatoms. The van der Waals surface area contributed by atoms with Crippen LogP contribution in [0.2, 0.25) is 0 Å². The van der Waals surface area contributed by atoms with Crippen LogP contribution < -0.4 is 5.32 Å². The van der Waals surface area contributed by atoms with Crippen molar-refractivity contribution in [1.82, 2.24) is 29.3 Å². The molecule has 0 spiro atoms. The van der Waals surface area contributed by atoms with Gasteiger partial charge in [-0.25, -0.2) is 18.8 Å². The smallest absolute Gasteiger partial charge is 0.338 e. The summed E-state index contributed by atoms with van der Waals surface area (Å²) in [4.78, 5) is 18.9. The number of hydrogen-bond acceptors (Lipinski definition) is 8. The van der Waals surface area contributed by atoms with Crippen LogP contribution in [-0.2, 0) is 35.7 Å². The molecule has 190 valence electrons. The van der Waals surface area contributed by atoms with Gasteiger partial charge in [0.2, 0.25) is 0 Å². The van der Waals surface area contributed by atoms with Crippen molar-refractivity contribution in [2.75, 3.05) is 20.1 Å². The van der Waals surface area contributed by atoms with Gasteiger partial charge in [-0.15, -0.1) is 0 Å². The molecule has 1 unspecified atom stereocenters. The highest BCUT2D eigenvalue weighted by Gasteiger charge is 2.30. The second-order valence-electron chi connectivity index (χ2n) is 9.48. The van der Waals surface area contributed by atoms with Crippen molar-refractivity contribution in [2.24, 2.45) is 0 Å².